The Labute approximate surface area is 159 Å². The predicted molar refractivity (Wildman–Crippen MR) is 113 cm³/mol. The van der Waals surface area contributed by atoms with E-state index in [0.29, 0.717) is 12.0 Å². The van der Waals surface area contributed by atoms with E-state index < -0.39 is 0 Å². The average Bonchev–Trinajstić information content (AvgIpc) is 2.67. The fraction of sp³-hybridized carbons (Fsp3) is 0.440. The van der Waals surface area contributed by atoms with Crippen LogP contribution < -0.4 is 0 Å². The van der Waals surface area contributed by atoms with Crippen LogP contribution in [0.5, 0.6) is 0 Å². The van der Waals surface area contributed by atoms with Crippen molar-refractivity contribution in [3.8, 4) is 0 Å². The van der Waals surface area contributed by atoms with E-state index in [1.54, 1.807) is 11.1 Å². The number of aryl methyl sites for hydroxylation is 1. The quantitative estimate of drug-likeness (QED) is 0.547. The third-order valence-corrected chi connectivity index (χ3v) is 5.75. The maximum atomic E-state index is 4.20. The van der Waals surface area contributed by atoms with Gasteiger partial charge in [0, 0.05) is 7.05 Å². The summed E-state index contributed by atoms with van der Waals surface area (Å²) < 4.78 is 0. The van der Waals surface area contributed by atoms with E-state index >= 15 is 0 Å². The first-order valence-corrected chi connectivity index (χ1v) is 10.2. The number of hydrogen-bond donors (Lipinski definition) is 0. The Morgan fingerprint density at radius 1 is 1.15 bits per heavy atom. The van der Waals surface area contributed by atoms with E-state index in [1.165, 1.54) is 49.7 Å². The van der Waals surface area contributed by atoms with Crippen LogP contribution in [0.2, 0.25) is 0 Å². The van der Waals surface area contributed by atoms with E-state index in [9.17, 15) is 0 Å². The lowest BCUT2D eigenvalue weighted by Gasteiger charge is -2.36. The first-order chi connectivity index (χ1) is 12.7. The highest BCUT2D eigenvalue weighted by molar-refractivity contribution is 5.41. The minimum atomic E-state index is 0.464. The fourth-order valence-corrected chi connectivity index (χ4v) is 4.12. The van der Waals surface area contributed by atoms with Gasteiger partial charge < -0.3 is 4.90 Å². The lowest BCUT2D eigenvalue weighted by molar-refractivity contribution is 0.355. The second-order valence-corrected chi connectivity index (χ2v) is 7.83. The normalized spacial score (nSPS) is 23.0. The van der Waals surface area contributed by atoms with Gasteiger partial charge in [-0.1, -0.05) is 68.0 Å². The lowest BCUT2D eigenvalue weighted by Crippen LogP contribution is -2.33. The number of hydrogen-bond acceptors (Lipinski definition) is 1. The zero-order valence-electron chi connectivity index (χ0n) is 16.5. The number of allylic oxidation sites excluding steroid dienone is 3. The van der Waals surface area contributed by atoms with Crippen molar-refractivity contribution in [2.45, 2.75) is 57.9 Å². The predicted octanol–water partition coefficient (Wildman–Crippen LogP) is 6.46. The number of rotatable bonds is 7. The summed E-state index contributed by atoms with van der Waals surface area (Å²) in [5.74, 6) is 0.679. The third kappa shape index (κ3) is 4.78. The standard InChI is InChI=1S/C25H33N/c1-4-5-11-23-19-22(13-12-21-9-7-6-8-10-21)14-15-24(23)25-18-20(2)16-17-26(25)3/h6-10,15-17,19,22,25H,2,4-5,11-14,18H2,1,3H3. The molecule has 0 saturated carbocycles. The molecular formula is C25H33N. The Hall–Kier alpha value is -2.02. The molecule has 0 bridgehead atoms. The van der Waals surface area contributed by atoms with E-state index in [2.05, 4.69) is 80.2 Å². The van der Waals surface area contributed by atoms with Gasteiger partial charge in [0.15, 0.2) is 0 Å². The molecule has 0 aromatic heterocycles. The Morgan fingerprint density at radius 3 is 2.73 bits per heavy atom. The molecule has 0 fully saturated rings. The van der Waals surface area contributed by atoms with Crippen molar-refractivity contribution in [2.24, 2.45) is 5.92 Å². The van der Waals surface area contributed by atoms with E-state index in [0.717, 1.165) is 6.42 Å². The van der Waals surface area contributed by atoms with E-state index in [-0.39, 0.29) is 0 Å². The summed E-state index contributed by atoms with van der Waals surface area (Å²) in [6.07, 6.45) is 17.9. The molecule has 0 N–H and O–H groups in total. The monoisotopic (exact) mass is 347 g/mol. The van der Waals surface area contributed by atoms with Gasteiger partial charge in [0.2, 0.25) is 0 Å². The van der Waals surface area contributed by atoms with Crippen LogP contribution in [0.15, 0.2) is 78.1 Å². The highest BCUT2D eigenvalue weighted by atomic mass is 15.1. The topological polar surface area (TPSA) is 3.24 Å². The lowest BCUT2D eigenvalue weighted by atomic mass is 9.80. The zero-order chi connectivity index (χ0) is 18.4. The molecular weight excluding hydrogens is 314 g/mol. The Morgan fingerprint density at radius 2 is 1.96 bits per heavy atom. The van der Waals surface area contributed by atoms with Crippen molar-refractivity contribution in [2.75, 3.05) is 7.05 Å². The average molecular weight is 348 g/mol. The minimum Gasteiger partial charge on any atom is -0.373 e. The molecule has 1 nitrogen and oxygen atoms in total. The van der Waals surface area contributed by atoms with Crippen LogP contribution in [-0.2, 0) is 6.42 Å². The molecule has 1 aromatic rings. The molecule has 1 aliphatic heterocycles. The highest BCUT2D eigenvalue weighted by Gasteiger charge is 2.26. The van der Waals surface area contributed by atoms with Crippen LogP contribution in [0.4, 0.5) is 0 Å². The molecule has 0 amide bonds. The summed E-state index contributed by atoms with van der Waals surface area (Å²) in [5, 5.41) is 0. The van der Waals surface area contributed by atoms with Gasteiger partial charge in [0.1, 0.15) is 0 Å². The first kappa shape index (κ1) is 18.8. The summed E-state index contributed by atoms with van der Waals surface area (Å²) >= 11 is 0. The highest BCUT2D eigenvalue weighted by Crippen LogP contribution is 2.35. The second-order valence-electron chi connectivity index (χ2n) is 7.83. The largest absolute Gasteiger partial charge is 0.373 e. The maximum absolute atomic E-state index is 4.20. The van der Waals surface area contributed by atoms with Gasteiger partial charge in [-0.25, -0.2) is 0 Å². The van der Waals surface area contributed by atoms with Gasteiger partial charge in [-0.15, -0.1) is 0 Å². The van der Waals surface area contributed by atoms with Gasteiger partial charge in [-0.3, -0.25) is 0 Å². The first-order valence-electron chi connectivity index (χ1n) is 10.2. The van der Waals surface area contributed by atoms with Crippen LogP contribution >= 0.6 is 0 Å². The second kappa shape index (κ2) is 9.07. The SMILES string of the molecule is C=C1C=CN(C)C(C2=CCC(CCc3ccccc3)C=C2CCCC)C1. The fourth-order valence-electron chi connectivity index (χ4n) is 4.12. The summed E-state index contributed by atoms with van der Waals surface area (Å²) in [6, 6.07) is 11.4. The summed E-state index contributed by atoms with van der Waals surface area (Å²) in [6.45, 7) is 6.49. The van der Waals surface area contributed by atoms with Crippen molar-refractivity contribution in [1.82, 2.24) is 4.90 Å². The van der Waals surface area contributed by atoms with Gasteiger partial charge in [-0.05, 0) is 73.4 Å². The van der Waals surface area contributed by atoms with Crippen molar-refractivity contribution < 1.29 is 0 Å². The third-order valence-electron chi connectivity index (χ3n) is 5.75. The van der Waals surface area contributed by atoms with E-state index in [4.69, 9.17) is 0 Å². The molecule has 0 saturated heterocycles. The van der Waals surface area contributed by atoms with Crippen LogP contribution in [0, 0.1) is 5.92 Å². The van der Waals surface area contributed by atoms with Crippen molar-refractivity contribution in [3.63, 3.8) is 0 Å². The van der Waals surface area contributed by atoms with Gasteiger partial charge in [-0.2, -0.15) is 0 Å². The van der Waals surface area contributed by atoms with Gasteiger partial charge in [0.05, 0.1) is 6.04 Å². The molecule has 1 aromatic carbocycles. The number of benzene rings is 1. The molecule has 1 heterocycles. The molecule has 3 rings (SSSR count). The zero-order valence-corrected chi connectivity index (χ0v) is 16.5. The maximum Gasteiger partial charge on any atom is 0.0573 e. The number of likely N-dealkylation sites (N-methyl/N-ethyl adjacent to an activating group) is 1. The smallest absolute Gasteiger partial charge is 0.0573 e. The van der Waals surface area contributed by atoms with Crippen LogP contribution in [-0.4, -0.2) is 18.0 Å². The van der Waals surface area contributed by atoms with Crippen molar-refractivity contribution in [3.05, 3.63) is 83.6 Å². The van der Waals surface area contributed by atoms with Crippen LogP contribution in [0.1, 0.15) is 51.0 Å². The summed E-state index contributed by atoms with van der Waals surface area (Å²) in [5.41, 5.74) is 5.85. The Kier molecular flexibility index (Phi) is 6.55. The number of unbranched alkanes of at least 4 members (excludes halogenated alkanes) is 1. The molecule has 1 aliphatic carbocycles. The molecule has 2 unspecified atom stereocenters. The molecule has 2 aliphatic rings. The van der Waals surface area contributed by atoms with E-state index in [1.807, 2.05) is 0 Å². The van der Waals surface area contributed by atoms with Crippen LogP contribution in [0.3, 0.4) is 0 Å². The number of nitrogens with zero attached hydrogens (tertiary/aromatic N) is 1. The summed E-state index contributed by atoms with van der Waals surface area (Å²) in [4.78, 5) is 2.37. The molecule has 2 atom stereocenters. The van der Waals surface area contributed by atoms with Crippen molar-refractivity contribution in [1.29, 1.82) is 0 Å². The Balaban J connectivity index is 1.71. The van der Waals surface area contributed by atoms with Crippen molar-refractivity contribution >= 4 is 0 Å². The summed E-state index contributed by atoms with van der Waals surface area (Å²) in [7, 11) is 2.20. The molecule has 138 valence electrons. The molecule has 0 spiro atoms. The van der Waals surface area contributed by atoms with Gasteiger partial charge in [0.25, 0.3) is 0 Å². The minimum absolute atomic E-state index is 0.464. The molecule has 26 heavy (non-hydrogen) atoms. The molecule has 1 heteroatoms. The Bertz CT molecular complexity index is 692. The van der Waals surface area contributed by atoms with Crippen LogP contribution in [0.25, 0.3) is 0 Å². The molecule has 0 radical (unpaired) electrons. The van der Waals surface area contributed by atoms with Gasteiger partial charge >= 0.3 is 0 Å².